The van der Waals surface area contributed by atoms with E-state index >= 15 is 0 Å². The molecular weight excluding hydrogens is 336 g/mol. The fourth-order valence-corrected chi connectivity index (χ4v) is 3.75. The number of hydrogen-bond acceptors (Lipinski definition) is 2. The Kier molecular flexibility index (Phi) is 5.94. The Morgan fingerprint density at radius 1 is 0.741 bits per heavy atom. The van der Waals surface area contributed by atoms with Crippen LogP contribution < -0.4 is 10.6 Å². The van der Waals surface area contributed by atoms with E-state index in [0.29, 0.717) is 0 Å². The predicted molar refractivity (Wildman–Crippen MR) is 110 cm³/mol. The summed E-state index contributed by atoms with van der Waals surface area (Å²) >= 11 is 0. The summed E-state index contributed by atoms with van der Waals surface area (Å²) in [5.74, 6) is 0.0974. The van der Waals surface area contributed by atoms with Crippen LogP contribution in [0, 0.1) is 32.6 Å². The summed E-state index contributed by atoms with van der Waals surface area (Å²) in [4.78, 5) is 25.2. The number of hydrogen-bond donors (Lipinski definition) is 2. The van der Waals surface area contributed by atoms with Crippen LogP contribution in [0.4, 0.5) is 11.4 Å². The number of nitrogens with one attached hydrogen (secondary N) is 2. The normalized spacial score (nSPS) is 19.4. The highest BCUT2D eigenvalue weighted by Crippen LogP contribution is 2.31. The van der Waals surface area contributed by atoms with Gasteiger partial charge in [-0.25, -0.2) is 0 Å². The third-order valence-corrected chi connectivity index (χ3v) is 5.51. The van der Waals surface area contributed by atoms with Crippen molar-refractivity contribution >= 4 is 23.2 Å². The van der Waals surface area contributed by atoms with Gasteiger partial charge >= 0.3 is 0 Å². The maximum absolute atomic E-state index is 12.6. The Hall–Kier alpha value is -2.62. The van der Waals surface area contributed by atoms with Crippen molar-refractivity contribution < 1.29 is 9.59 Å². The van der Waals surface area contributed by atoms with Crippen LogP contribution in [0.1, 0.15) is 42.4 Å². The first kappa shape index (κ1) is 19.2. The van der Waals surface area contributed by atoms with Crippen molar-refractivity contribution in [3.8, 4) is 0 Å². The van der Waals surface area contributed by atoms with Gasteiger partial charge in [-0.15, -0.1) is 0 Å². The van der Waals surface area contributed by atoms with Crippen LogP contribution in [0.2, 0.25) is 0 Å². The Labute approximate surface area is 161 Å². The molecule has 0 aliphatic heterocycles. The molecule has 2 aromatic rings. The SMILES string of the molecule is Cc1ccc(NC(=O)C2CCC(C(=O)Nc3ccccc3C)CC2)c(C)c1. The fraction of sp³-hybridized carbons (Fsp3) is 0.391. The van der Waals surface area contributed by atoms with E-state index < -0.39 is 0 Å². The van der Waals surface area contributed by atoms with E-state index in [-0.39, 0.29) is 23.7 Å². The van der Waals surface area contributed by atoms with Gasteiger partial charge < -0.3 is 10.6 Å². The molecule has 142 valence electrons. The molecule has 0 heterocycles. The van der Waals surface area contributed by atoms with Gasteiger partial charge in [-0.3, -0.25) is 9.59 Å². The monoisotopic (exact) mass is 364 g/mol. The predicted octanol–water partition coefficient (Wildman–Crippen LogP) is 5.00. The van der Waals surface area contributed by atoms with E-state index in [1.54, 1.807) is 0 Å². The third-order valence-electron chi connectivity index (χ3n) is 5.51. The Bertz CT molecular complexity index is 836. The summed E-state index contributed by atoms with van der Waals surface area (Å²) in [7, 11) is 0. The van der Waals surface area contributed by atoms with Crippen LogP contribution in [0.25, 0.3) is 0 Å². The summed E-state index contributed by atoms with van der Waals surface area (Å²) in [5, 5.41) is 6.10. The van der Waals surface area contributed by atoms with Gasteiger partial charge in [0.05, 0.1) is 0 Å². The van der Waals surface area contributed by atoms with E-state index in [9.17, 15) is 9.59 Å². The number of benzene rings is 2. The van der Waals surface area contributed by atoms with Crippen molar-refractivity contribution in [2.75, 3.05) is 10.6 Å². The minimum Gasteiger partial charge on any atom is -0.326 e. The molecular formula is C23H28N2O2. The van der Waals surface area contributed by atoms with Gasteiger partial charge in [0.15, 0.2) is 0 Å². The highest BCUT2D eigenvalue weighted by Gasteiger charge is 2.30. The Morgan fingerprint density at radius 3 is 1.78 bits per heavy atom. The molecule has 0 saturated heterocycles. The number of rotatable bonds is 4. The molecule has 3 rings (SSSR count). The van der Waals surface area contributed by atoms with Crippen molar-refractivity contribution in [1.29, 1.82) is 0 Å². The molecule has 0 radical (unpaired) electrons. The summed E-state index contributed by atoms with van der Waals surface area (Å²) in [6, 6.07) is 13.9. The fourth-order valence-electron chi connectivity index (χ4n) is 3.75. The zero-order valence-corrected chi connectivity index (χ0v) is 16.3. The molecule has 4 nitrogen and oxygen atoms in total. The first-order chi connectivity index (χ1) is 12.9. The molecule has 1 aliphatic rings. The van der Waals surface area contributed by atoms with Gasteiger partial charge in [0.25, 0.3) is 0 Å². The Morgan fingerprint density at radius 2 is 1.26 bits per heavy atom. The average molecular weight is 364 g/mol. The molecule has 0 unspecified atom stereocenters. The summed E-state index contributed by atoms with van der Waals surface area (Å²) in [6.07, 6.45) is 3.01. The zero-order chi connectivity index (χ0) is 19.4. The van der Waals surface area contributed by atoms with Crippen LogP contribution in [0.3, 0.4) is 0 Å². The van der Waals surface area contributed by atoms with Gasteiger partial charge in [-0.05, 0) is 69.7 Å². The van der Waals surface area contributed by atoms with Crippen LogP contribution in [-0.2, 0) is 9.59 Å². The maximum Gasteiger partial charge on any atom is 0.227 e. The molecule has 0 atom stereocenters. The van der Waals surface area contributed by atoms with Crippen LogP contribution >= 0.6 is 0 Å². The number of amides is 2. The summed E-state index contributed by atoms with van der Waals surface area (Å²) < 4.78 is 0. The largest absolute Gasteiger partial charge is 0.326 e. The smallest absolute Gasteiger partial charge is 0.227 e. The second-order valence-electron chi connectivity index (χ2n) is 7.66. The lowest BCUT2D eigenvalue weighted by molar-refractivity contribution is -0.125. The quantitative estimate of drug-likeness (QED) is 0.802. The van der Waals surface area contributed by atoms with Gasteiger partial charge in [0, 0.05) is 23.2 Å². The van der Waals surface area contributed by atoms with Gasteiger partial charge in [-0.2, -0.15) is 0 Å². The molecule has 0 aromatic heterocycles. The summed E-state index contributed by atoms with van der Waals surface area (Å²) in [6.45, 7) is 6.04. The maximum atomic E-state index is 12.6. The number of carbonyl (C=O) groups is 2. The molecule has 0 spiro atoms. The topological polar surface area (TPSA) is 58.2 Å². The second kappa shape index (κ2) is 8.38. The van der Waals surface area contributed by atoms with Crippen molar-refractivity contribution in [2.24, 2.45) is 11.8 Å². The minimum absolute atomic E-state index is 0.0187. The van der Waals surface area contributed by atoms with E-state index in [1.165, 1.54) is 5.56 Å². The van der Waals surface area contributed by atoms with Crippen LogP contribution in [0.5, 0.6) is 0 Å². The van der Waals surface area contributed by atoms with Gasteiger partial charge in [0.2, 0.25) is 11.8 Å². The third kappa shape index (κ3) is 4.76. The molecule has 0 bridgehead atoms. The van der Waals surface area contributed by atoms with Crippen molar-refractivity contribution in [2.45, 2.75) is 46.5 Å². The minimum atomic E-state index is -0.0202. The lowest BCUT2D eigenvalue weighted by atomic mass is 9.81. The number of aryl methyl sites for hydroxylation is 3. The number of anilines is 2. The molecule has 2 amide bonds. The number of para-hydroxylation sites is 1. The first-order valence-electron chi connectivity index (χ1n) is 9.68. The van der Waals surface area contributed by atoms with Gasteiger partial charge in [-0.1, -0.05) is 35.9 Å². The van der Waals surface area contributed by atoms with Crippen molar-refractivity contribution in [1.82, 2.24) is 0 Å². The van der Waals surface area contributed by atoms with E-state index in [1.807, 2.05) is 57.2 Å². The molecule has 1 fully saturated rings. The Balaban J connectivity index is 1.53. The van der Waals surface area contributed by atoms with Crippen LogP contribution in [-0.4, -0.2) is 11.8 Å². The zero-order valence-electron chi connectivity index (χ0n) is 16.3. The molecule has 4 heteroatoms. The average Bonchev–Trinajstić information content (AvgIpc) is 2.66. The van der Waals surface area contributed by atoms with Crippen molar-refractivity contribution in [3.05, 3.63) is 59.2 Å². The van der Waals surface area contributed by atoms with Crippen molar-refractivity contribution in [3.63, 3.8) is 0 Å². The lowest BCUT2D eigenvalue weighted by Crippen LogP contribution is -2.32. The molecule has 1 aliphatic carbocycles. The first-order valence-corrected chi connectivity index (χ1v) is 9.68. The standard InChI is InChI=1S/C23H28N2O2/c1-15-8-13-21(17(3)14-15)25-23(27)19-11-9-18(10-12-19)22(26)24-20-7-5-4-6-16(20)2/h4-8,13-14,18-19H,9-12H2,1-3H3,(H,24,26)(H,25,27). The van der Waals surface area contributed by atoms with E-state index in [2.05, 4.69) is 16.7 Å². The number of carbonyl (C=O) groups excluding carboxylic acids is 2. The second-order valence-corrected chi connectivity index (χ2v) is 7.66. The molecule has 2 aromatic carbocycles. The van der Waals surface area contributed by atoms with Crippen LogP contribution in [0.15, 0.2) is 42.5 Å². The summed E-state index contributed by atoms with van der Waals surface area (Å²) in [5.41, 5.74) is 5.08. The lowest BCUT2D eigenvalue weighted by Gasteiger charge is -2.27. The molecule has 1 saturated carbocycles. The molecule has 27 heavy (non-hydrogen) atoms. The van der Waals surface area contributed by atoms with E-state index in [0.717, 1.165) is 48.2 Å². The highest BCUT2D eigenvalue weighted by molar-refractivity contribution is 5.95. The van der Waals surface area contributed by atoms with Gasteiger partial charge in [0.1, 0.15) is 0 Å². The molecule has 2 N–H and O–H groups in total. The highest BCUT2D eigenvalue weighted by atomic mass is 16.2. The van der Waals surface area contributed by atoms with E-state index in [4.69, 9.17) is 0 Å².